The van der Waals surface area contributed by atoms with E-state index in [1.54, 1.807) is 18.8 Å². The van der Waals surface area contributed by atoms with Crippen molar-refractivity contribution in [3.63, 3.8) is 0 Å². The standard InChI is InChI=1S/C22H23N3O5/c1-28-17-7-3-15(4-8-17)12-25-13-21(20(26)11-19(25)22(27)24-23)30-14-16-5-9-18(29-2)10-6-16/h3-11,13H,12,14,23H2,1-2H3,(H,24,27). The van der Waals surface area contributed by atoms with E-state index in [2.05, 4.69) is 5.43 Å². The lowest BCUT2D eigenvalue weighted by atomic mass is 10.2. The van der Waals surface area contributed by atoms with E-state index in [9.17, 15) is 9.59 Å². The van der Waals surface area contributed by atoms with E-state index < -0.39 is 11.3 Å². The van der Waals surface area contributed by atoms with E-state index in [0.717, 1.165) is 22.6 Å². The number of hydrogen-bond donors (Lipinski definition) is 2. The molecule has 0 unspecified atom stereocenters. The largest absolute Gasteiger partial charge is 0.497 e. The van der Waals surface area contributed by atoms with Crippen molar-refractivity contribution in [1.82, 2.24) is 9.99 Å². The highest BCUT2D eigenvalue weighted by atomic mass is 16.5. The summed E-state index contributed by atoms with van der Waals surface area (Å²) >= 11 is 0. The van der Waals surface area contributed by atoms with Gasteiger partial charge in [-0.25, -0.2) is 5.84 Å². The van der Waals surface area contributed by atoms with E-state index in [4.69, 9.17) is 20.1 Å². The lowest BCUT2D eigenvalue weighted by Gasteiger charge is -2.15. The fourth-order valence-electron chi connectivity index (χ4n) is 2.87. The molecule has 3 aromatic rings. The first-order valence-electron chi connectivity index (χ1n) is 9.18. The van der Waals surface area contributed by atoms with Crippen molar-refractivity contribution >= 4 is 5.91 Å². The fourth-order valence-corrected chi connectivity index (χ4v) is 2.87. The molecular weight excluding hydrogens is 386 g/mol. The average Bonchev–Trinajstić information content (AvgIpc) is 2.79. The third-order valence-electron chi connectivity index (χ3n) is 4.52. The molecule has 1 heterocycles. The molecule has 8 nitrogen and oxygen atoms in total. The highest BCUT2D eigenvalue weighted by Crippen LogP contribution is 2.16. The summed E-state index contributed by atoms with van der Waals surface area (Å²) in [4.78, 5) is 24.6. The molecule has 0 bridgehead atoms. The number of nitrogens with zero attached hydrogens (tertiary/aromatic N) is 1. The van der Waals surface area contributed by atoms with Crippen LogP contribution in [0, 0.1) is 0 Å². The summed E-state index contributed by atoms with van der Waals surface area (Å²) in [5.74, 6) is 6.30. The Labute approximate surface area is 173 Å². The first kappa shape index (κ1) is 20.9. The van der Waals surface area contributed by atoms with Crippen LogP contribution >= 0.6 is 0 Å². The van der Waals surface area contributed by atoms with Crippen molar-refractivity contribution in [2.75, 3.05) is 14.2 Å². The minimum absolute atomic E-state index is 0.132. The van der Waals surface area contributed by atoms with Gasteiger partial charge in [0.15, 0.2) is 5.75 Å². The number of pyridine rings is 1. The molecule has 0 aliphatic carbocycles. The van der Waals surface area contributed by atoms with Crippen LogP contribution in [0.4, 0.5) is 0 Å². The van der Waals surface area contributed by atoms with Crippen molar-refractivity contribution in [3.05, 3.63) is 87.8 Å². The van der Waals surface area contributed by atoms with Crippen molar-refractivity contribution in [1.29, 1.82) is 0 Å². The molecule has 0 aliphatic rings. The molecule has 0 saturated carbocycles. The highest BCUT2D eigenvalue weighted by Gasteiger charge is 2.14. The lowest BCUT2D eigenvalue weighted by Crippen LogP contribution is -2.33. The summed E-state index contributed by atoms with van der Waals surface area (Å²) in [6.07, 6.45) is 1.51. The normalized spacial score (nSPS) is 10.4. The maximum atomic E-state index is 12.5. The number of methoxy groups -OCH3 is 2. The second kappa shape index (κ2) is 9.62. The summed E-state index contributed by atoms with van der Waals surface area (Å²) in [7, 11) is 3.18. The van der Waals surface area contributed by atoms with Gasteiger partial charge in [-0.3, -0.25) is 15.0 Å². The van der Waals surface area contributed by atoms with E-state index in [1.165, 1.54) is 12.3 Å². The van der Waals surface area contributed by atoms with E-state index in [-0.39, 0.29) is 18.1 Å². The van der Waals surface area contributed by atoms with Crippen molar-refractivity contribution in [2.24, 2.45) is 5.84 Å². The SMILES string of the molecule is COc1ccc(COc2cn(Cc3ccc(OC)cc3)c(C(=O)NN)cc2=O)cc1. The molecule has 156 valence electrons. The van der Waals surface area contributed by atoms with Crippen LogP contribution in [-0.4, -0.2) is 24.7 Å². The zero-order valence-corrected chi connectivity index (χ0v) is 16.8. The molecule has 1 aromatic heterocycles. The number of aromatic nitrogens is 1. The predicted molar refractivity (Wildman–Crippen MR) is 112 cm³/mol. The number of nitrogens with one attached hydrogen (secondary N) is 1. The molecule has 30 heavy (non-hydrogen) atoms. The Morgan fingerprint density at radius 1 is 0.967 bits per heavy atom. The third-order valence-corrected chi connectivity index (χ3v) is 4.52. The van der Waals surface area contributed by atoms with Crippen LogP contribution in [0.1, 0.15) is 21.6 Å². The quantitative estimate of drug-likeness (QED) is 0.335. The lowest BCUT2D eigenvalue weighted by molar-refractivity contribution is 0.0943. The van der Waals surface area contributed by atoms with Gasteiger partial charge < -0.3 is 18.8 Å². The van der Waals surface area contributed by atoms with E-state index >= 15 is 0 Å². The van der Waals surface area contributed by atoms with Crippen LogP contribution in [0.25, 0.3) is 0 Å². The van der Waals surface area contributed by atoms with Crippen LogP contribution in [0.5, 0.6) is 17.2 Å². The summed E-state index contributed by atoms with van der Waals surface area (Å²) < 4.78 is 17.6. The van der Waals surface area contributed by atoms with Crippen LogP contribution in [-0.2, 0) is 13.2 Å². The molecule has 0 spiro atoms. The summed E-state index contributed by atoms with van der Waals surface area (Å²) in [6, 6.07) is 15.9. The van der Waals surface area contributed by atoms with E-state index in [1.807, 2.05) is 48.5 Å². The van der Waals surface area contributed by atoms with E-state index in [0.29, 0.717) is 6.54 Å². The Balaban J connectivity index is 1.86. The van der Waals surface area contributed by atoms with Gasteiger partial charge in [0.2, 0.25) is 5.43 Å². The number of nitrogen functional groups attached to an aromatic ring is 1. The topological polar surface area (TPSA) is 105 Å². The Kier molecular flexibility index (Phi) is 6.71. The number of carbonyl (C=O) groups excluding carboxylic acids is 1. The fraction of sp³-hybridized carbons (Fsp3) is 0.182. The summed E-state index contributed by atoms with van der Waals surface area (Å²) in [6.45, 7) is 0.538. The van der Waals surface area contributed by atoms with Gasteiger partial charge in [0.25, 0.3) is 5.91 Å². The molecular formula is C22H23N3O5. The zero-order valence-electron chi connectivity index (χ0n) is 16.8. The Morgan fingerprint density at radius 2 is 1.53 bits per heavy atom. The van der Waals surface area contributed by atoms with Gasteiger partial charge in [-0.15, -0.1) is 0 Å². The maximum absolute atomic E-state index is 12.5. The van der Waals surface area contributed by atoms with Gasteiger partial charge in [0.1, 0.15) is 23.8 Å². The summed E-state index contributed by atoms with van der Waals surface area (Å²) in [5, 5.41) is 0. The number of carbonyl (C=O) groups is 1. The number of amides is 1. The van der Waals surface area contributed by atoms with Gasteiger partial charge in [0, 0.05) is 12.6 Å². The van der Waals surface area contributed by atoms with Crippen LogP contribution in [0.3, 0.4) is 0 Å². The molecule has 0 aliphatic heterocycles. The first-order chi connectivity index (χ1) is 14.5. The maximum Gasteiger partial charge on any atom is 0.281 e. The van der Waals surface area contributed by atoms with Crippen LogP contribution in [0.2, 0.25) is 0 Å². The van der Waals surface area contributed by atoms with Crippen molar-refractivity contribution in [2.45, 2.75) is 13.2 Å². The number of hydrogen-bond acceptors (Lipinski definition) is 6. The van der Waals surface area contributed by atoms with Gasteiger partial charge in [0.05, 0.1) is 20.4 Å². The Bertz CT molecular complexity index is 1060. The Morgan fingerprint density at radius 3 is 2.07 bits per heavy atom. The molecule has 0 atom stereocenters. The molecule has 0 radical (unpaired) electrons. The number of rotatable bonds is 8. The number of benzene rings is 2. The number of nitrogens with two attached hydrogens (primary N) is 1. The van der Waals surface area contributed by atoms with Gasteiger partial charge >= 0.3 is 0 Å². The molecule has 3 N–H and O–H groups in total. The minimum Gasteiger partial charge on any atom is -0.497 e. The predicted octanol–water partition coefficient (Wildman–Crippen LogP) is 2.10. The van der Waals surface area contributed by atoms with Crippen molar-refractivity contribution < 1.29 is 19.0 Å². The minimum atomic E-state index is -0.567. The second-order valence-electron chi connectivity index (χ2n) is 6.47. The summed E-state index contributed by atoms with van der Waals surface area (Å²) in [5.41, 5.74) is 3.58. The molecule has 0 fully saturated rings. The average molecular weight is 409 g/mol. The Hall–Kier alpha value is -3.78. The smallest absolute Gasteiger partial charge is 0.281 e. The molecule has 3 rings (SSSR count). The third kappa shape index (κ3) is 4.98. The van der Waals surface area contributed by atoms with Crippen LogP contribution < -0.4 is 30.9 Å². The first-order valence-corrected chi connectivity index (χ1v) is 9.18. The molecule has 0 saturated heterocycles. The number of ether oxygens (including phenoxy) is 3. The molecule has 8 heteroatoms. The van der Waals surface area contributed by atoms with Gasteiger partial charge in [-0.05, 0) is 35.4 Å². The molecule has 2 aromatic carbocycles. The second-order valence-corrected chi connectivity index (χ2v) is 6.47. The molecule has 1 amide bonds. The highest BCUT2D eigenvalue weighted by molar-refractivity contribution is 5.92. The van der Waals surface area contributed by atoms with Crippen molar-refractivity contribution in [3.8, 4) is 17.2 Å². The zero-order chi connectivity index (χ0) is 21.5. The van der Waals surface area contributed by atoms with Crippen LogP contribution in [0.15, 0.2) is 65.6 Å². The van der Waals surface area contributed by atoms with Gasteiger partial charge in [-0.2, -0.15) is 0 Å². The number of hydrazine groups is 1. The van der Waals surface area contributed by atoms with Gasteiger partial charge in [-0.1, -0.05) is 24.3 Å². The monoisotopic (exact) mass is 409 g/mol.